The van der Waals surface area contributed by atoms with Crippen LogP contribution in [0.3, 0.4) is 0 Å². The number of amides is 1. The molecule has 0 saturated carbocycles. The molecular weight excluding hydrogens is 316 g/mol. The molecule has 1 fully saturated rings. The minimum atomic E-state index is -0.0882. The summed E-state index contributed by atoms with van der Waals surface area (Å²) in [7, 11) is 0. The summed E-state index contributed by atoms with van der Waals surface area (Å²) in [4.78, 5) is 19.1. The third kappa shape index (κ3) is 3.75. The Hall–Kier alpha value is -2.18. The highest BCUT2D eigenvalue weighted by atomic mass is 16.2. The average Bonchev–Trinajstić information content (AvgIpc) is 3.20. The van der Waals surface area contributed by atoms with Crippen molar-refractivity contribution in [1.82, 2.24) is 29.9 Å². The molecule has 1 saturated heterocycles. The van der Waals surface area contributed by atoms with E-state index in [2.05, 4.69) is 27.2 Å². The van der Waals surface area contributed by atoms with Crippen molar-refractivity contribution in [2.24, 2.45) is 5.92 Å². The summed E-state index contributed by atoms with van der Waals surface area (Å²) in [6.45, 7) is 10.2. The summed E-state index contributed by atoms with van der Waals surface area (Å²) in [6.07, 6.45) is 4.92. The summed E-state index contributed by atoms with van der Waals surface area (Å²) in [5, 5.41) is 11.7. The first-order valence-electron chi connectivity index (χ1n) is 9.18. The van der Waals surface area contributed by atoms with E-state index in [0.717, 1.165) is 44.0 Å². The van der Waals surface area contributed by atoms with E-state index >= 15 is 0 Å². The van der Waals surface area contributed by atoms with E-state index in [0.29, 0.717) is 12.5 Å². The predicted molar refractivity (Wildman–Crippen MR) is 95.2 cm³/mol. The summed E-state index contributed by atoms with van der Waals surface area (Å²) < 4.78 is 1.84. The number of aryl methyl sites for hydroxylation is 3. The van der Waals surface area contributed by atoms with E-state index in [9.17, 15) is 4.79 Å². The van der Waals surface area contributed by atoms with Crippen LogP contribution in [0.2, 0.25) is 0 Å². The zero-order valence-electron chi connectivity index (χ0n) is 15.6. The van der Waals surface area contributed by atoms with Gasteiger partial charge in [-0.25, -0.2) is 9.67 Å². The number of carbonyl (C=O) groups is 1. The maximum atomic E-state index is 12.8. The van der Waals surface area contributed by atoms with Crippen LogP contribution in [0.25, 0.3) is 0 Å². The van der Waals surface area contributed by atoms with Gasteiger partial charge in [0.1, 0.15) is 11.6 Å². The molecular formula is C18H28N6O. The second-order valence-electron chi connectivity index (χ2n) is 7.05. The molecule has 0 radical (unpaired) electrons. The first-order chi connectivity index (χ1) is 12.0. The molecule has 0 aromatic carbocycles. The van der Waals surface area contributed by atoms with Crippen molar-refractivity contribution in [1.29, 1.82) is 0 Å². The zero-order valence-corrected chi connectivity index (χ0v) is 15.6. The third-order valence-corrected chi connectivity index (χ3v) is 5.18. The molecule has 7 heteroatoms. The van der Waals surface area contributed by atoms with Gasteiger partial charge >= 0.3 is 0 Å². The van der Waals surface area contributed by atoms with Gasteiger partial charge in [0, 0.05) is 24.7 Å². The summed E-state index contributed by atoms with van der Waals surface area (Å²) in [5.74, 6) is 2.23. The molecule has 3 rings (SSSR count). The standard InChI is InChI=1S/C18H28N6O/c1-5-15-10-19-21-17(15)16-6-8-23(9-7-16)18(25)12(2)11-24-14(4)20-13(3)22-24/h10,12,16H,5-9,11H2,1-4H3,(H,19,21). The lowest BCUT2D eigenvalue weighted by Crippen LogP contribution is -2.42. The van der Waals surface area contributed by atoms with E-state index in [-0.39, 0.29) is 11.8 Å². The Morgan fingerprint density at radius 3 is 2.68 bits per heavy atom. The summed E-state index contributed by atoms with van der Waals surface area (Å²) in [6, 6.07) is 0. The molecule has 136 valence electrons. The van der Waals surface area contributed by atoms with Crippen molar-refractivity contribution < 1.29 is 4.79 Å². The topological polar surface area (TPSA) is 79.7 Å². The molecule has 2 aromatic rings. The highest BCUT2D eigenvalue weighted by Gasteiger charge is 2.28. The van der Waals surface area contributed by atoms with Crippen molar-refractivity contribution in [2.45, 2.75) is 59.4 Å². The SMILES string of the molecule is CCc1cn[nH]c1C1CCN(C(=O)C(C)Cn2nc(C)nc2C)CC1. The van der Waals surface area contributed by atoms with Crippen LogP contribution in [0.15, 0.2) is 6.20 Å². The van der Waals surface area contributed by atoms with Gasteiger partial charge in [0.15, 0.2) is 0 Å². The molecule has 1 aliphatic rings. The highest BCUT2D eigenvalue weighted by molar-refractivity contribution is 5.78. The van der Waals surface area contributed by atoms with Gasteiger partial charge in [0.2, 0.25) is 5.91 Å². The van der Waals surface area contributed by atoms with E-state index in [1.54, 1.807) is 0 Å². The maximum absolute atomic E-state index is 12.8. The second-order valence-corrected chi connectivity index (χ2v) is 7.05. The Morgan fingerprint density at radius 1 is 1.36 bits per heavy atom. The number of H-pyrrole nitrogens is 1. The number of aromatic nitrogens is 5. The molecule has 0 aliphatic carbocycles. The Labute approximate surface area is 148 Å². The molecule has 1 aliphatic heterocycles. The van der Waals surface area contributed by atoms with Gasteiger partial charge in [-0.05, 0) is 38.7 Å². The molecule has 1 N–H and O–H groups in total. The number of carbonyl (C=O) groups excluding carboxylic acids is 1. The van der Waals surface area contributed by atoms with Crippen molar-refractivity contribution in [2.75, 3.05) is 13.1 Å². The number of hydrogen-bond donors (Lipinski definition) is 1. The lowest BCUT2D eigenvalue weighted by Gasteiger charge is -2.33. The van der Waals surface area contributed by atoms with Crippen molar-refractivity contribution in [3.63, 3.8) is 0 Å². The van der Waals surface area contributed by atoms with E-state index in [1.165, 1.54) is 11.3 Å². The molecule has 25 heavy (non-hydrogen) atoms. The van der Waals surface area contributed by atoms with Crippen LogP contribution in [-0.2, 0) is 17.8 Å². The van der Waals surface area contributed by atoms with Crippen LogP contribution in [-0.4, -0.2) is 48.9 Å². The summed E-state index contributed by atoms with van der Waals surface area (Å²) >= 11 is 0. The molecule has 0 bridgehead atoms. The van der Waals surface area contributed by atoms with Crippen molar-refractivity contribution in [3.05, 3.63) is 29.1 Å². The number of likely N-dealkylation sites (tertiary alicyclic amines) is 1. The maximum Gasteiger partial charge on any atom is 0.227 e. The molecule has 2 aromatic heterocycles. The first kappa shape index (κ1) is 17.6. The number of piperidine rings is 1. The van der Waals surface area contributed by atoms with Gasteiger partial charge in [0.25, 0.3) is 0 Å². The fourth-order valence-electron chi connectivity index (χ4n) is 3.73. The lowest BCUT2D eigenvalue weighted by molar-refractivity contribution is -0.136. The van der Waals surface area contributed by atoms with Crippen molar-refractivity contribution in [3.8, 4) is 0 Å². The summed E-state index contributed by atoms with van der Waals surface area (Å²) in [5.41, 5.74) is 2.56. The minimum Gasteiger partial charge on any atom is -0.342 e. The van der Waals surface area contributed by atoms with Crippen LogP contribution in [0.5, 0.6) is 0 Å². The number of nitrogens with zero attached hydrogens (tertiary/aromatic N) is 5. The van der Waals surface area contributed by atoms with Crippen molar-refractivity contribution >= 4 is 5.91 Å². The third-order valence-electron chi connectivity index (χ3n) is 5.18. The molecule has 0 spiro atoms. The second kappa shape index (κ2) is 7.37. The van der Waals surface area contributed by atoms with Gasteiger partial charge in [0.05, 0.1) is 18.7 Å². The Morgan fingerprint density at radius 2 is 2.08 bits per heavy atom. The molecule has 3 heterocycles. The number of rotatable bonds is 5. The fourth-order valence-corrected chi connectivity index (χ4v) is 3.73. The monoisotopic (exact) mass is 344 g/mol. The average molecular weight is 344 g/mol. The van der Waals surface area contributed by atoms with Crippen LogP contribution in [0.4, 0.5) is 0 Å². The van der Waals surface area contributed by atoms with Crippen LogP contribution in [0, 0.1) is 19.8 Å². The first-order valence-corrected chi connectivity index (χ1v) is 9.18. The van der Waals surface area contributed by atoms with Crippen LogP contribution in [0.1, 0.15) is 55.5 Å². The van der Waals surface area contributed by atoms with Crippen LogP contribution >= 0.6 is 0 Å². The smallest absolute Gasteiger partial charge is 0.227 e. The number of hydrogen-bond acceptors (Lipinski definition) is 4. The quantitative estimate of drug-likeness (QED) is 0.902. The number of nitrogens with one attached hydrogen (secondary N) is 1. The largest absolute Gasteiger partial charge is 0.342 e. The fraction of sp³-hybridized carbons (Fsp3) is 0.667. The molecule has 1 atom stereocenters. The lowest BCUT2D eigenvalue weighted by atomic mass is 9.90. The van der Waals surface area contributed by atoms with Gasteiger partial charge in [-0.1, -0.05) is 13.8 Å². The normalized spacial score (nSPS) is 17.0. The Bertz CT molecular complexity index is 726. The number of aromatic amines is 1. The zero-order chi connectivity index (χ0) is 18.0. The molecule has 1 amide bonds. The molecule has 7 nitrogen and oxygen atoms in total. The van der Waals surface area contributed by atoms with Gasteiger partial charge in [-0.3, -0.25) is 9.89 Å². The predicted octanol–water partition coefficient (Wildman–Crippen LogP) is 2.22. The van der Waals surface area contributed by atoms with Gasteiger partial charge in [-0.2, -0.15) is 10.2 Å². The van der Waals surface area contributed by atoms with Crippen LogP contribution < -0.4 is 0 Å². The van der Waals surface area contributed by atoms with E-state index in [4.69, 9.17) is 0 Å². The van der Waals surface area contributed by atoms with Gasteiger partial charge < -0.3 is 4.90 Å². The Balaban J connectivity index is 1.57. The van der Waals surface area contributed by atoms with Gasteiger partial charge in [-0.15, -0.1) is 0 Å². The molecule has 1 unspecified atom stereocenters. The minimum absolute atomic E-state index is 0.0882. The Kier molecular flexibility index (Phi) is 5.20. The van der Waals surface area contributed by atoms with E-state index < -0.39 is 0 Å². The van der Waals surface area contributed by atoms with E-state index in [1.807, 2.05) is 36.5 Å². The highest BCUT2D eigenvalue weighted by Crippen LogP contribution is 2.29.